The lowest BCUT2D eigenvalue weighted by molar-refractivity contribution is 0.0526. The van der Waals surface area contributed by atoms with Gasteiger partial charge in [-0.25, -0.2) is 9.79 Å². The average Bonchev–Trinajstić information content (AvgIpc) is 3.31. The predicted octanol–water partition coefficient (Wildman–Crippen LogP) is 5.81. The Labute approximate surface area is 162 Å². The maximum absolute atomic E-state index is 12.5. The number of hydrogen-bond donors (Lipinski definition) is 0. The summed E-state index contributed by atoms with van der Waals surface area (Å²) in [6.07, 6.45) is 5.90. The molecule has 0 bridgehead atoms. The zero-order chi connectivity index (χ0) is 18.6. The van der Waals surface area contributed by atoms with Crippen LogP contribution in [0.2, 0.25) is 0 Å². The van der Waals surface area contributed by atoms with Crippen molar-refractivity contribution in [3.63, 3.8) is 0 Å². The van der Waals surface area contributed by atoms with E-state index in [9.17, 15) is 4.79 Å². The first kappa shape index (κ1) is 17.7. The highest BCUT2D eigenvalue weighted by molar-refractivity contribution is 7.16. The minimum Gasteiger partial charge on any atom is -0.462 e. The van der Waals surface area contributed by atoms with Gasteiger partial charge >= 0.3 is 5.97 Å². The highest BCUT2D eigenvalue weighted by Gasteiger charge is 2.26. The van der Waals surface area contributed by atoms with E-state index in [1.54, 1.807) is 17.6 Å². The number of nitrogens with zero attached hydrogens (tertiary/aromatic N) is 1. The summed E-state index contributed by atoms with van der Waals surface area (Å²) in [4.78, 5) is 18.3. The SMILES string of the molecule is CCOC(=O)c1c(N=Cc2ccc(-c3ccccc3)o2)sc2c1CCCC2. The van der Waals surface area contributed by atoms with Crippen LogP contribution in [0, 0.1) is 0 Å². The normalized spacial score (nSPS) is 13.7. The number of thiophene rings is 1. The van der Waals surface area contributed by atoms with Gasteiger partial charge in [0.15, 0.2) is 0 Å². The van der Waals surface area contributed by atoms with Crippen molar-refractivity contribution in [3.05, 3.63) is 64.2 Å². The van der Waals surface area contributed by atoms with Crippen LogP contribution in [-0.2, 0) is 17.6 Å². The van der Waals surface area contributed by atoms with E-state index in [0.29, 0.717) is 17.9 Å². The van der Waals surface area contributed by atoms with Crippen LogP contribution in [0.1, 0.15) is 46.3 Å². The van der Waals surface area contributed by atoms with Crippen LogP contribution in [0.4, 0.5) is 5.00 Å². The maximum Gasteiger partial charge on any atom is 0.341 e. The monoisotopic (exact) mass is 379 g/mol. The smallest absolute Gasteiger partial charge is 0.341 e. The number of aryl methyl sites for hydroxylation is 1. The van der Waals surface area contributed by atoms with Crippen LogP contribution in [0.3, 0.4) is 0 Å². The molecule has 0 spiro atoms. The van der Waals surface area contributed by atoms with Crippen LogP contribution in [0.25, 0.3) is 11.3 Å². The Morgan fingerprint density at radius 2 is 2.00 bits per heavy atom. The van der Waals surface area contributed by atoms with Crippen molar-refractivity contribution in [2.45, 2.75) is 32.6 Å². The number of furan rings is 1. The fraction of sp³-hybridized carbons (Fsp3) is 0.273. The first-order chi connectivity index (χ1) is 13.3. The van der Waals surface area contributed by atoms with Crippen molar-refractivity contribution < 1.29 is 13.9 Å². The number of hydrogen-bond acceptors (Lipinski definition) is 5. The highest BCUT2D eigenvalue weighted by Crippen LogP contribution is 2.40. The molecule has 1 aromatic carbocycles. The van der Waals surface area contributed by atoms with Crippen molar-refractivity contribution in [2.75, 3.05) is 6.61 Å². The topological polar surface area (TPSA) is 51.8 Å². The van der Waals surface area contributed by atoms with E-state index in [1.807, 2.05) is 49.4 Å². The summed E-state index contributed by atoms with van der Waals surface area (Å²) in [5, 5.41) is 0.720. The summed E-state index contributed by atoms with van der Waals surface area (Å²) in [6, 6.07) is 13.8. The molecule has 0 unspecified atom stereocenters. The minimum absolute atomic E-state index is 0.270. The summed E-state index contributed by atoms with van der Waals surface area (Å²) in [7, 11) is 0. The van der Waals surface area contributed by atoms with E-state index in [1.165, 1.54) is 4.88 Å². The molecule has 0 aliphatic heterocycles. The number of carbonyl (C=O) groups excluding carboxylic acids is 1. The van der Waals surface area contributed by atoms with Crippen LogP contribution in [0.5, 0.6) is 0 Å². The van der Waals surface area contributed by atoms with Gasteiger partial charge in [0.2, 0.25) is 0 Å². The summed E-state index contributed by atoms with van der Waals surface area (Å²) < 4.78 is 11.2. The third kappa shape index (κ3) is 3.74. The molecule has 0 fully saturated rings. The van der Waals surface area contributed by atoms with Crippen LogP contribution < -0.4 is 0 Å². The molecule has 1 aliphatic rings. The number of esters is 1. The zero-order valence-corrected chi connectivity index (χ0v) is 16.1. The molecule has 0 atom stereocenters. The van der Waals surface area contributed by atoms with Gasteiger partial charge in [-0.3, -0.25) is 0 Å². The van der Waals surface area contributed by atoms with Gasteiger partial charge < -0.3 is 9.15 Å². The fourth-order valence-electron chi connectivity index (χ4n) is 3.36. The molecule has 0 radical (unpaired) electrons. The first-order valence-electron chi connectivity index (χ1n) is 9.27. The zero-order valence-electron chi connectivity index (χ0n) is 15.2. The molecule has 0 N–H and O–H groups in total. The number of benzene rings is 1. The largest absolute Gasteiger partial charge is 0.462 e. The lowest BCUT2D eigenvalue weighted by Crippen LogP contribution is -2.09. The van der Waals surface area contributed by atoms with Gasteiger partial charge in [0.05, 0.1) is 18.4 Å². The molecular weight excluding hydrogens is 358 g/mol. The van der Waals surface area contributed by atoms with Gasteiger partial charge in [0.1, 0.15) is 16.5 Å². The van der Waals surface area contributed by atoms with Gasteiger partial charge in [0.25, 0.3) is 0 Å². The molecule has 5 heteroatoms. The molecule has 4 nitrogen and oxygen atoms in total. The summed E-state index contributed by atoms with van der Waals surface area (Å²) >= 11 is 1.60. The first-order valence-corrected chi connectivity index (χ1v) is 10.1. The van der Waals surface area contributed by atoms with E-state index in [0.717, 1.165) is 47.6 Å². The molecule has 0 saturated carbocycles. The Hall–Kier alpha value is -2.66. The molecule has 138 valence electrons. The second-order valence-corrected chi connectivity index (χ2v) is 7.52. The summed E-state index contributed by atoms with van der Waals surface area (Å²) in [5.41, 5.74) is 2.79. The molecule has 1 aliphatic carbocycles. The average molecular weight is 379 g/mol. The van der Waals surface area contributed by atoms with E-state index in [4.69, 9.17) is 9.15 Å². The Bertz CT molecular complexity index is 969. The molecule has 0 amide bonds. The Kier molecular flexibility index (Phi) is 5.21. The molecule has 3 aromatic rings. The lowest BCUT2D eigenvalue weighted by Gasteiger charge is -2.11. The van der Waals surface area contributed by atoms with Crippen molar-refractivity contribution in [2.24, 2.45) is 4.99 Å². The third-order valence-electron chi connectivity index (χ3n) is 4.63. The number of ether oxygens (including phenoxy) is 1. The fourth-order valence-corrected chi connectivity index (χ4v) is 4.58. The maximum atomic E-state index is 12.5. The third-order valence-corrected chi connectivity index (χ3v) is 5.83. The van der Waals surface area contributed by atoms with E-state index >= 15 is 0 Å². The Balaban J connectivity index is 1.63. The molecule has 4 rings (SSSR count). The van der Waals surface area contributed by atoms with Crippen LogP contribution in [-0.4, -0.2) is 18.8 Å². The summed E-state index contributed by atoms with van der Waals surface area (Å²) in [5.74, 6) is 1.19. The molecule has 2 aromatic heterocycles. The molecule has 27 heavy (non-hydrogen) atoms. The van der Waals surface area contributed by atoms with Gasteiger partial charge in [-0.15, -0.1) is 11.3 Å². The molecule has 0 saturated heterocycles. The Morgan fingerprint density at radius 3 is 2.81 bits per heavy atom. The van der Waals surface area contributed by atoms with Gasteiger partial charge in [-0.05, 0) is 50.3 Å². The van der Waals surface area contributed by atoms with E-state index in [2.05, 4.69) is 4.99 Å². The van der Waals surface area contributed by atoms with E-state index in [-0.39, 0.29) is 5.97 Å². The second kappa shape index (κ2) is 7.92. The highest BCUT2D eigenvalue weighted by atomic mass is 32.1. The van der Waals surface area contributed by atoms with Crippen molar-refractivity contribution >= 4 is 28.5 Å². The predicted molar refractivity (Wildman–Crippen MR) is 108 cm³/mol. The summed E-state index contributed by atoms with van der Waals surface area (Å²) in [6.45, 7) is 2.19. The minimum atomic E-state index is -0.270. The van der Waals surface area contributed by atoms with Gasteiger partial charge in [-0.2, -0.15) is 0 Å². The van der Waals surface area contributed by atoms with Gasteiger partial charge in [0, 0.05) is 10.4 Å². The van der Waals surface area contributed by atoms with Gasteiger partial charge in [-0.1, -0.05) is 30.3 Å². The van der Waals surface area contributed by atoms with E-state index < -0.39 is 0 Å². The standard InChI is InChI=1S/C22H21NO3S/c1-2-25-22(24)20-17-10-6-7-11-19(17)27-21(20)23-14-16-12-13-18(26-16)15-8-4-3-5-9-15/h3-5,8-9,12-14H,2,6-7,10-11H2,1H3. The van der Waals surface area contributed by atoms with Crippen molar-refractivity contribution in [1.29, 1.82) is 0 Å². The quantitative estimate of drug-likeness (QED) is 0.415. The number of rotatable bonds is 5. The number of aliphatic imine (C=N–C) groups is 1. The Morgan fingerprint density at radius 1 is 1.19 bits per heavy atom. The van der Waals surface area contributed by atoms with Crippen LogP contribution >= 0.6 is 11.3 Å². The number of fused-ring (bicyclic) bond motifs is 1. The molecule has 2 heterocycles. The molecular formula is C22H21NO3S. The van der Waals surface area contributed by atoms with Crippen molar-refractivity contribution in [3.8, 4) is 11.3 Å². The second-order valence-electron chi connectivity index (χ2n) is 6.44. The van der Waals surface area contributed by atoms with Crippen LogP contribution in [0.15, 0.2) is 51.9 Å². The lowest BCUT2D eigenvalue weighted by atomic mass is 9.95. The van der Waals surface area contributed by atoms with Crippen molar-refractivity contribution in [1.82, 2.24) is 0 Å². The number of carbonyl (C=O) groups is 1.